The predicted octanol–water partition coefficient (Wildman–Crippen LogP) is 0.869. The van der Waals surface area contributed by atoms with Crippen molar-refractivity contribution in [2.45, 2.75) is 76.8 Å². The van der Waals surface area contributed by atoms with Crippen LogP contribution in [-0.2, 0) is 14.2 Å². The molecule has 22 heavy (non-hydrogen) atoms. The van der Waals surface area contributed by atoms with Crippen molar-refractivity contribution in [2.24, 2.45) is 0 Å². The Morgan fingerprint density at radius 1 is 1.32 bits per heavy atom. The number of likely N-dealkylation sites (tertiary alicyclic amines) is 1. The number of amides is 1. The molecule has 7 heteroatoms. The van der Waals surface area contributed by atoms with Crippen LogP contribution < -0.4 is 0 Å². The van der Waals surface area contributed by atoms with Crippen LogP contribution in [-0.4, -0.2) is 70.1 Å². The maximum absolute atomic E-state index is 12.4. The first-order valence-corrected chi connectivity index (χ1v) is 7.68. The first-order valence-electron chi connectivity index (χ1n) is 7.68. The second-order valence-electron chi connectivity index (χ2n) is 7.34. The van der Waals surface area contributed by atoms with Gasteiger partial charge in [-0.25, -0.2) is 4.79 Å². The van der Waals surface area contributed by atoms with Crippen molar-refractivity contribution in [3.8, 4) is 0 Å². The van der Waals surface area contributed by atoms with E-state index in [0.717, 1.165) is 0 Å². The first kappa shape index (κ1) is 17.5. The quantitative estimate of drug-likeness (QED) is 0.785. The monoisotopic (exact) mass is 317 g/mol. The van der Waals surface area contributed by atoms with E-state index >= 15 is 0 Å². The molecule has 4 atom stereocenters. The van der Waals surface area contributed by atoms with Crippen LogP contribution in [0.15, 0.2) is 0 Å². The summed E-state index contributed by atoms with van der Waals surface area (Å²) >= 11 is 0. The minimum Gasteiger partial charge on any atom is -0.444 e. The molecule has 2 fully saturated rings. The highest BCUT2D eigenvalue weighted by Gasteiger charge is 2.54. The van der Waals surface area contributed by atoms with Gasteiger partial charge >= 0.3 is 6.09 Å². The molecule has 0 unspecified atom stereocenters. The molecule has 0 aromatic carbocycles. The summed E-state index contributed by atoms with van der Waals surface area (Å²) in [5, 5.41) is 19.6. The SMILES string of the molecule is CC(C)(C)OC(=O)N1C[C@@H](O)[C@H]2OC(C)(C)O[C@H]2[C@H]1CCO. The van der Waals surface area contributed by atoms with Crippen LogP contribution in [0.4, 0.5) is 4.79 Å². The largest absolute Gasteiger partial charge is 0.444 e. The Balaban J connectivity index is 2.21. The van der Waals surface area contributed by atoms with Gasteiger partial charge < -0.3 is 24.4 Å². The first-order chi connectivity index (χ1) is 10.0. The van der Waals surface area contributed by atoms with Crippen LogP contribution in [0.2, 0.25) is 0 Å². The number of hydrogen-bond acceptors (Lipinski definition) is 6. The van der Waals surface area contributed by atoms with Crippen molar-refractivity contribution < 1.29 is 29.2 Å². The molecule has 2 aliphatic heterocycles. The highest BCUT2D eigenvalue weighted by molar-refractivity contribution is 5.69. The van der Waals surface area contributed by atoms with Crippen LogP contribution in [0.5, 0.6) is 0 Å². The summed E-state index contributed by atoms with van der Waals surface area (Å²) in [7, 11) is 0. The third kappa shape index (κ3) is 3.71. The molecule has 2 rings (SSSR count). The highest BCUT2D eigenvalue weighted by atomic mass is 16.8. The van der Waals surface area contributed by atoms with E-state index in [9.17, 15) is 15.0 Å². The molecule has 0 radical (unpaired) electrons. The molecule has 2 N–H and O–H groups in total. The van der Waals surface area contributed by atoms with Gasteiger partial charge in [-0.2, -0.15) is 0 Å². The third-order valence-corrected chi connectivity index (χ3v) is 3.76. The molecule has 0 saturated carbocycles. The van der Waals surface area contributed by atoms with E-state index < -0.39 is 41.8 Å². The molecule has 7 nitrogen and oxygen atoms in total. The van der Waals surface area contributed by atoms with Gasteiger partial charge in [0.05, 0.1) is 12.6 Å². The molecule has 128 valence electrons. The maximum atomic E-state index is 12.4. The Bertz CT molecular complexity index is 419. The fourth-order valence-electron chi connectivity index (χ4n) is 3.01. The summed E-state index contributed by atoms with van der Waals surface area (Å²) in [6.07, 6.45) is -2.03. The molecule has 0 bridgehead atoms. The van der Waals surface area contributed by atoms with E-state index in [4.69, 9.17) is 14.2 Å². The number of carbonyl (C=O) groups is 1. The lowest BCUT2D eigenvalue weighted by Gasteiger charge is -2.43. The van der Waals surface area contributed by atoms with Crippen molar-refractivity contribution in [1.29, 1.82) is 0 Å². The summed E-state index contributed by atoms with van der Waals surface area (Å²) in [6.45, 7) is 8.90. The molecule has 1 amide bonds. The molecular formula is C15H27NO6. The van der Waals surface area contributed by atoms with Gasteiger partial charge in [0, 0.05) is 6.61 Å². The number of nitrogens with zero attached hydrogens (tertiary/aromatic N) is 1. The van der Waals surface area contributed by atoms with E-state index in [1.807, 2.05) is 0 Å². The zero-order chi connectivity index (χ0) is 16.7. The fourth-order valence-corrected chi connectivity index (χ4v) is 3.01. The molecule has 0 aromatic rings. The summed E-state index contributed by atoms with van der Waals surface area (Å²) in [4.78, 5) is 13.9. The van der Waals surface area contributed by atoms with E-state index in [1.165, 1.54) is 4.90 Å². The molecule has 2 aliphatic rings. The summed E-state index contributed by atoms with van der Waals surface area (Å²) in [5.41, 5.74) is -0.630. The van der Waals surface area contributed by atoms with Crippen molar-refractivity contribution in [1.82, 2.24) is 4.90 Å². The van der Waals surface area contributed by atoms with E-state index in [2.05, 4.69) is 0 Å². The number of carbonyl (C=O) groups excluding carboxylic acids is 1. The van der Waals surface area contributed by atoms with E-state index in [0.29, 0.717) is 6.42 Å². The van der Waals surface area contributed by atoms with Crippen molar-refractivity contribution in [2.75, 3.05) is 13.2 Å². The lowest BCUT2D eigenvalue weighted by atomic mass is 9.92. The van der Waals surface area contributed by atoms with Crippen molar-refractivity contribution in [3.63, 3.8) is 0 Å². The Kier molecular flexibility index (Phi) is 4.73. The van der Waals surface area contributed by atoms with Gasteiger partial charge in [0.15, 0.2) is 5.79 Å². The number of β-amino-alcohol motifs (C(OH)–C–C–N with tert-alkyl or cyclic N) is 1. The molecule has 2 heterocycles. The van der Waals surface area contributed by atoms with Gasteiger partial charge in [0.2, 0.25) is 0 Å². The van der Waals surface area contributed by atoms with Gasteiger partial charge in [-0.1, -0.05) is 0 Å². The maximum Gasteiger partial charge on any atom is 0.410 e. The number of fused-ring (bicyclic) bond motifs is 1. The van der Waals surface area contributed by atoms with Gasteiger partial charge in [-0.3, -0.25) is 4.90 Å². The van der Waals surface area contributed by atoms with Crippen LogP contribution in [0.1, 0.15) is 41.0 Å². The number of ether oxygens (including phenoxy) is 3. The predicted molar refractivity (Wildman–Crippen MR) is 78.3 cm³/mol. The molecule has 2 saturated heterocycles. The van der Waals surface area contributed by atoms with Gasteiger partial charge in [-0.05, 0) is 41.0 Å². The zero-order valence-electron chi connectivity index (χ0n) is 13.9. The van der Waals surface area contributed by atoms with Gasteiger partial charge in [0.25, 0.3) is 0 Å². The fraction of sp³-hybridized carbons (Fsp3) is 0.933. The average molecular weight is 317 g/mol. The molecule has 0 aliphatic carbocycles. The highest BCUT2D eigenvalue weighted by Crippen LogP contribution is 2.37. The zero-order valence-corrected chi connectivity index (χ0v) is 13.9. The second kappa shape index (κ2) is 5.96. The Morgan fingerprint density at radius 3 is 2.45 bits per heavy atom. The van der Waals surface area contributed by atoms with E-state index in [1.54, 1.807) is 34.6 Å². The van der Waals surface area contributed by atoms with Crippen molar-refractivity contribution in [3.05, 3.63) is 0 Å². The lowest BCUT2D eigenvalue weighted by Crippen LogP contribution is -2.62. The minimum absolute atomic E-state index is 0.0902. The smallest absolute Gasteiger partial charge is 0.410 e. The van der Waals surface area contributed by atoms with Gasteiger partial charge in [-0.15, -0.1) is 0 Å². The summed E-state index contributed by atoms with van der Waals surface area (Å²) < 4.78 is 17.0. The molecule has 0 aromatic heterocycles. The third-order valence-electron chi connectivity index (χ3n) is 3.76. The normalized spacial score (nSPS) is 34.4. The number of hydrogen-bond donors (Lipinski definition) is 2. The number of aliphatic hydroxyl groups excluding tert-OH is 2. The number of piperidine rings is 1. The van der Waals surface area contributed by atoms with E-state index in [-0.39, 0.29) is 13.2 Å². The van der Waals surface area contributed by atoms with Crippen LogP contribution in [0.25, 0.3) is 0 Å². The summed E-state index contributed by atoms with van der Waals surface area (Å²) in [6, 6.07) is -0.393. The van der Waals surface area contributed by atoms with Crippen molar-refractivity contribution >= 4 is 6.09 Å². The van der Waals surface area contributed by atoms with Crippen LogP contribution >= 0.6 is 0 Å². The molecule has 0 spiro atoms. The number of aliphatic hydroxyl groups is 2. The molecular weight excluding hydrogens is 290 g/mol. The number of rotatable bonds is 2. The Morgan fingerprint density at radius 2 is 1.91 bits per heavy atom. The average Bonchev–Trinajstić information content (AvgIpc) is 2.67. The Labute approximate surface area is 131 Å². The Hall–Kier alpha value is -0.890. The second-order valence-corrected chi connectivity index (χ2v) is 7.34. The minimum atomic E-state index is -0.853. The summed E-state index contributed by atoms with van der Waals surface area (Å²) in [5.74, 6) is -0.825. The van der Waals surface area contributed by atoms with Crippen LogP contribution in [0.3, 0.4) is 0 Å². The lowest BCUT2D eigenvalue weighted by molar-refractivity contribution is -0.153. The standard InChI is InChI=1S/C15H27NO6/c1-14(2,3)22-13(19)16-8-10(18)12-11(9(16)6-7-17)20-15(4,5)21-12/h9-12,17-18H,6-8H2,1-5H3/t9-,10-,11+,12-/m1/s1. The van der Waals surface area contributed by atoms with Crippen LogP contribution in [0, 0.1) is 0 Å². The van der Waals surface area contributed by atoms with Gasteiger partial charge in [0.1, 0.15) is 23.9 Å². The topological polar surface area (TPSA) is 88.5 Å².